The lowest BCUT2D eigenvalue weighted by atomic mass is 10.2. The summed E-state index contributed by atoms with van der Waals surface area (Å²) in [4.78, 5) is 25.6. The normalized spacial score (nSPS) is 16.9. The molecule has 114 valence electrons. The van der Waals surface area contributed by atoms with E-state index in [1.54, 1.807) is 17.9 Å². The number of carbonyl (C=O) groups is 2. The minimum atomic E-state index is -0.363. The van der Waals surface area contributed by atoms with Gasteiger partial charge in [0.1, 0.15) is 0 Å². The number of nitrogens with zero attached hydrogens (tertiary/aromatic N) is 1. The second kappa shape index (κ2) is 8.74. The smallest absolute Gasteiger partial charge is 0.320 e. The zero-order chi connectivity index (χ0) is 15.0. The molecule has 0 saturated heterocycles. The highest BCUT2D eigenvalue weighted by molar-refractivity contribution is 5.82. The maximum absolute atomic E-state index is 12.2. The molecular weight excluding hydrogens is 256 g/mol. The van der Waals surface area contributed by atoms with Crippen molar-refractivity contribution in [1.29, 1.82) is 0 Å². The van der Waals surface area contributed by atoms with Crippen molar-refractivity contribution in [2.45, 2.75) is 51.6 Å². The Morgan fingerprint density at radius 3 is 2.65 bits per heavy atom. The topological polar surface area (TPSA) is 58.6 Å². The van der Waals surface area contributed by atoms with Crippen molar-refractivity contribution >= 4 is 11.9 Å². The molecule has 0 aromatic carbocycles. The molecule has 1 N–H and O–H groups in total. The molecule has 1 saturated carbocycles. The molecule has 0 aromatic heterocycles. The van der Waals surface area contributed by atoms with Crippen LogP contribution in [0.5, 0.6) is 0 Å². The monoisotopic (exact) mass is 282 g/mol. The SMILES string of the molecule is C=CCN(CC(=O)OCC)C(C)C(=O)NC1CCCC1. The van der Waals surface area contributed by atoms with Crippen LogP contribution >= 0.6 is 0 Å². The van der Waals surface area contributed by atoms with Crippen LogP contribution in [0, 0.1) is 0 Å². The maximum atomic E-state index is 12.2. The Kier molecular flexibility index (Phi) is 7.30. The zero-order valence-corrected chi connectivity index (χ0v) is 12.6. The third-order valence-electron chi connectivity index (χ3n) is 3.63. The summed E-state index contributed by atoms with van der Waals surface area (Å²) in [5, 5.41) is 3.06. The number of hydrogen-bond acceptors (Lipinski definition) is 4. The number of rotatable bonds is 8. The second-order valence-corrected chi connectivity index (χ2v) is 5.19. The Morgan fingerprint density at radius 1 is 1.45 bits per heavy atom. The highest BCUT2D eigenvalue weighted by Gasteiger charge is 2.25. The van der Waals surface area contributed by atoms with Gasteiger partial charge in [-0.05, 0) is 26.7 Å². The Balaban J connectivity index is 2.52. The van der Waals surface area contributed by atoms with E-state index in [1.807, 2.05) is 6.92 Å². The Morgan fingerprint density at radius 2 is 2.10 bits per heavy atom. The van der Waals surface area contributed by atoms with Crippen LogP contribution in [0.25, 0.3) is 0 Å². The van der Waals surface area contributed by atoms with Gasteiger partial charge in [-0.25, -0.2) is 0 Å². The summed E-state index contributed by atoms with van der Waals surface area (Å²) in [5.74, 6) is -0.335. The quantitative estimate of drug-likeness (QED) is 0.541. The van der Waals surface area contributed by atoms with Gasteiger partial charge < -0.3 is 10.1 Å². The zero-order valence-electron chi connectivity index (χ0n) is 12.6. The molecule has 1 rings (SSSR count). The van der Waals surface area contributed by atoms with E-state index in [2.05, 4.69) is 11.9 Å². The van der Waals surface area contributed by atoms with E-state index in [0.29, 0.717) is 13.2 Å². The lowest BCUT2D eigenvalue weighted by Gasteiger charge is -2.27. The fraction of sp³-hybridized carbons (Fsp3) is 0.733. The number of nitrogens with one attached hydrogen (secondary N) is 1. The summed E-state index contributed by atoms with van der Waals surface area (Å²) in [5.41, 5.74) is 0. The Bertz CT molecular complexity index is 338. The summed E-state index contributed by atoms with van der Waals surface area (Å²) in [6, 6.07) is -0.0730. The molecule has 0 radical (unpaired) electrons. The van der Waals surface area contributed by atoms with Gasteiger partial charge in [0, 0.05) is 12.6 Å². The molecule has 1 unspecified atom stereocenters. The number of esters is 1. The minimum absolute atomic E-state index is 0.0250. The van der Waals surface area contributed by atoms with Crippen LogP contribution in [0.4, 0.5) is 0 Å². The molecular formula is C15H26N2O3. The van der Waals surface area contributed by atoms with Gasteiger partial charge >= 0.3 is 5.97 Å². The number of carbonyl (C=O) groups excluding carboxylic acids is 2. The minimum Gasteiger partial charge on any atom is -0.465 e. The predicted molar refractivity (Wildman–Crippen MR) is 78.3 cm³/mol. The first-order valence-electron chi connectivity index (χ1n) is 7.39. The average molecular weight is 282 g/mol. The Labute approximate surface area is 121 Å². The second-order valence-electron chi connectivity index (χ2n) is 5.19. The van der Waals surface area contributed by atoms with Gasteiger partial charge in [0.25, 0.3) is 0 Å². The molecule has 1 aliphatic carbocycles. The highest BCUT2D eigenvalue weighted by atomic mass is 16.5. The van der Waals surface area contributed by atoms with Crippen molar-refractivity contribution < 1.29 is 14.3 Å². The highest BCUT2D eigenvalue weighted by Crippen LogP contribution is 2.18. The summed E-state index contributed by atoms with van der Waals surface area (Å²) >= 11 is 0. The van der Waals surface area contributed by atoms with E-state index >= 15 is 0 Å². The molecule has 5 nitrogen and oxygen atoms in total. The van der Waals surface area contributed by atoms with Gasteiger partial charge in [0.05, 0.1) is 19.2 Å². The van der Waals surface area contributed by atoms with E-state index in [9.17, 15) is 9.59 Å². The molecule has 0 bridgehead atoms. The standard InChI is InChI=1S/C15H26N2O3/c1-4-10-17(11-14(18)20-5-2)12(3)15(19)16-13-8-6-7-9-13/h4,12-13H,1,5-11H2,2-3H3,(H,16,19). The van der Waals surface area contributed by atoms with Crippen molar-refractivity contribution in [3.8, 4) is 0 Å². The predicted octanol–water partition coefficient (Wildman–Crippen LogP) is 1.48. The van der Waals surface area contributed by atoms with E-state index in [4.69, 9.17) is 4.74 Å². The first-order valence-corrected chi connectivity index (χ1v) is 7.39. The fourth-order valence-corrected chi connectivity index (χ4v) is 2.46. The van der Waals surface area contributed by atoms with Crippen LogP contribution in [0.1, 0.15) is 39.5 Å². The molecule has 1 aliphatic rings. The lowest BCUT2D eigenvalue weighted by Crippen LogP contribution is -2.49. The molecule has 0 aromatic rings. The van der Waals surface area contributed by atoms with E-state index in [-0.39, 0.29) is 30.5 Å². The summed E-state index contributed by atoms with van der Waals surface area (Å²) in [7, 11) is 0. The number of amides is 1. The molecule has 1 amide bonds. The van der Waals surface area contributed by atoms with Crippen LogP contribution < -0.4 is 5.32 Å². The van der Waals surface area contributed by atoms with Gasteiger partial charge in [0.15, 0.2) is 0 Å². The number of hydrogen-bond donors (Lipinski definition) is 1. The molecule has 0 aliphatic heterocycles. The van der Waals surface area contributed by atoms with E-state index in [0.717, 1.165) is 12.8 Å². The largest absolute Gasteiger partial charge is 0.465 e. The van der Waals surface area contributed by atoms with E-state index in [1.165, 1.54) is 12.8 Å². The van der Waals surface area contributed by atoms with Gasteiger partial charge in [0.2, 0.25) is 5.91 Å². The van der Waals surface area contributed by atoms with Crippen LogP contribution in [0.3, 0.4) is 0 Å². The van der Waals surface area contributed by atoms with Crippen molar-refractivity contribution in [1.82, 2.24) is 10.2 Å². The van der Waals surface area contributed by atoms with Crippen molar-refractivity contribution in [3.63, 3.8) is 0 Å². The molecule has 5 heteroatoms. The van der Waals surface area contributed by atoms with Crippen molar-refractivity contribution in [2.24, 2.45) is 0 Å². The maximum Gasteiger partial charge on any atom is 0.320 e. The molecule has 20 heavy (non-hydrogen) atoms. The van der Waals surface area contributed by atoms with E-state index < -0.39 is 0 Å². The first kappa shape index (κ1) is 16.7. The summed E-state index contributed by atoms with van der Waals surface area (Å²) in [6.45, 7) is 8.20. The summed E-state index contributed by atoms with van der Waals surface area (Å²) < 4.78 is 4.94. The Hall–Kier alpha value is -1.36. The molecule has 0 spiro atoms. The third kappa shape index (κ3) is 5.33. The van der Waals surface area contributed by atoms with Crippen LogP contribution in [0.15, 0.2) is 12.7 Å². The average Bonchev–Trinajstić information content (AvgIpc) is 2.90. The fourth-order valence-electron chi connectivity index (χ4n) is 2.46. The summed E-state index contributed by atoms with van der Waals surface area (Å²) in [6.07, 6.45) is 6.16. The van der Waals surface area contributed by atoms with Gasteiger partial charge in [-0.3, -0.25) is 14.5 Å². The van der Waals surface area contributed by atoms with Gasteiger partial charge in [-0.2, -0.15) is 0 Å². The van der Waals surface area contributed by atoms with Gasteiger partial charge in [-0.15, -0.1) is 6.58 Å². The van der Waals surface area contributed by atoms with Crippen molar-refractivity contribution in [3.05, 3.63) is 12.7 Å². The first-order chi connectivity index (χ1) is 9.58. The van der Waals surface area contributed by atoms with Crippen LogP contribution in [0.2, 0.25) is 0 Å². The van der Waals surface area contributed by atoms with Crippen LogP contribution in [-0.2, 0) is 14.3 Å². The molecule has 1 fully saturated rings. The van der Waals surface area contributed by atoms with Crippen molar-refractivity contribution in [2.75, 3.05) is 19.7 Å². The number of ether oxygens (including phenoxy) is 1. The third-order valence-corrected chi connectivity index (χ3v) is 3.63. The molecule has 1 atom stereocenters. The lowest BCUT2D eigenvalue weighted by molar-refractivity contribution is -0.145. The van der Waals surface area contributed by atoms with Crippen LogP contribution in [-0.4, -0.2) is 48.6 Å². The van der Waals surface area contributed by atoms with Gasteiger partial charge in [-0.1, -0.05) is 18.9 Å². The molecule has 0 heterocycles.